The monoisotopic (exact) mass is 329 g/mol. The maximum absolute atomic E-state index is 13.4. The van der Waals surface area contributed by atoms with Gasteiger partial charge in [-0.15, -0.1) is 0 Å². The first-order valence-electron chi connectivity index (χ1n) is 7.34. The van der Waals surface area contributed by atoms with E-state index in [0.717, 1.165) is 11.3 Å². The van der Waals surface area contributed by atoms with Gasteiger partial charge in [-0.05, 0) is 32.0 Å². The normalized spacial score (nSPS) is 12.1. The van der Waals surface area contributed by atoms with E-state index in [1.165, 1.54) is 18.3 Å². The number of imidazole rings is 1. The Morgan fingerprint density at radius 3 is 2.88 bits per heavy atom. The minimum atomic E-state index is -0.442. The minimum absolute atomic E-state index is 0.155. The maximum atomic E-state index is 13.4. The third kappa shape index (κ3) is 2.98. The summed E-state index contributed by atoms with van der Waals surface area (Å²) in [5.41, 5.74) is 1.90. The molecule has 24 heavy (non-hydrogen) atoms. The molecule has 124 valence electrons. The number of aromatic amines is 2. The van der Waals surface area contributed by atoms with E-state index in [1.54, 1.807) is 23.0 Å². The molecule has 3 aromatic rings. The topological polar surface area (TPSA) is 95.6 Å². The van der Waals surface area contributed by atoms with Crippen LogP contribution in [0.1, 0.15) is 34.7 Å². The molecule has 0 bridgehead atoms. The van der Waals surface area contributed by atoms with E-state index in [2.05, 4.69) is 20.4 Å². The van der Waals surface area contributed by atoms with Crippen LogP contribution >= 0.6 is 0 Å². The van der Waals surface area contributed by atoms with Crippen LogP contribution < -0.4 is 11.0 Å². The molecule has 1 atom stereocenters. The maximum Gasteiger partial charge on any atom is 0.323 e. The van der Waals surface area contributed by atoms with Gasteiger partial charge in [0.1, 0.15) is 11.5 Å². The molecule has 7 nitrogen and oxygen atoms in total. The van der Waals surface area contributed by atoms with Crippen molar-refractivity contribution in [3.63, 3.8) is 0 Å². The molecule has 0 aliphatic carbocycles. The Bertz CT molecular complexity index is 940. The number of nitrogens with one attached hydrogen (secondary N) is 3. The van der Waals surface area contributed by atoms with E-state index in [1.807, 2.05) is 13.8 Å². The summed E-state index contributed by atoms with van der Waals surface area (Å²) >= 11 is 0. The fourth-order valence-corrected chi connectivity index (χ4v) is 2.52. The Labute approximate surface area is 136 Å². The predicted octanol–water partition coefficient (Wildman–Crippen LogP) is 1.83. The van der Waals surface area contributed by atoms with Crippen LogP contribution in [0.25, 0.3) is 5.69 Å². The van der Waals surface area contributed by atoms with Gasteiger partial charge in [-0.2, -0.15) is 5.10 Å². The van der Waals surface area contributed by atoms with Crippen LogP contribution in [0, 0.1) is 12.7 Å². The Morgan fingerprint density at radius 2 is 2.21 bits per heavy atom. The summed E-state index contributed by atoms with van der Waals surface area (Å²) in [6, 6.07) is 5.78. The lowest BCUT2D eigenvalue weighted by atomic mass is 10.1. The Morgan fingerprint density at radius 1 is 1.42 bits per heavy atom. The molecular formula is C16H16FN5O2. The zero-order valence-corrected chi connectivity index (χ0v) is 13.1. The summed E-state index contributed by atoms with van der Waals surface area (Å²) in [6.45, 7) is 3.65. The van der Waals surface area contributed by atoms with Crippen molar-refractivity contribution in [1.29, 1.82) is 0 Å². The fraction of sp³-hybridized carbons (Fsp3) is 0.188. The van der Waals surface area contributed by atoms with Gasteiger partial charge < -0.3 is 15.3 Å². The van der Waals surface area contributed by atoms with Gasteiger partial charge >= 0.3 is 5.69 Å². The number of aromatic nitrogens is 4. The molecule has 1 aromatic carbocycles. The van der Waals surface area contributed by atoms with E-state index in [0.29, 0.717) is 5.69 Å². The molecule has 8 heteroatoms. The first-order valence-corrected chi connectivity index (χ1v) is 7.34. The summed E-state index contributed by atoms with van der Waals surface area (Å²) in [6.07, 6.45) is 2.94. The molecule has 1 amide bonds. The summed E-state index contributed by atoms with van der Waals surface area (Å²) < 4.78 is 15.0. The van der Waals surface area contributed by atoms with Crippen LogP contribution in [0.3, 0.4) is 0 Å². The highest BCUT2D eigenvalue weighted by Gasteiger charge is 2.18. The standard InChI is InChI=1S/C16H16FN5O2/c1-9(20-15(23)14-8-18-16(24)21-14)13-7-19-22(10(13)2)12-5-3-4-11(17)6-12/h3-9H,1-2H3,(H,20,23)(H2,18,21,24)/t9-/m0/s1. The van der Waals surface area contributed by atoms with Gasteiger partial charge in [0.25, 0.3) is 5.91 Å². The fourth-order valence-electron chi connectivity index (χ4n) is 2.52. The summed E-state index contributed by atoms with van der Waals surface area (Å²) in [4.78, 5) is 27.9. The molecule has 0 radical (unpaired) electrons. The number of hydrogen-bond donors (Lipinski definition) is 3. The molecule has 0 saturated carbocycles. The van der Waals surface area contributed by atoms with E-state index < -0.39 is 11.6 Å². The van der Waals surface area contributed by atoms with E-state index in [-0.39, 0.29) is 17.6 Å². The molecule has 0 spiro atoms. The average molecular weight is 329 g/mol. The first kappa shape index (κ1) is 15.7. The van der Waals surface area contributed by atoms with E-state index in [9.17, 15) is 14.0 Å². The number of carbonyl (C=O) groups excluding carboxylic acids is 1. The van der Waals surface area contributed by atoms with Crippen molar-refractivity contribution in [2.75, 3.05) is 0 Å². The Balaban J connectivity index is 1.82. The van der Waals surface area contributed by atoms with Crippen LogP contribution in [0.2, 0.25) is 0 Å². The number of rotatable bonds is 4. The third-order valence-corrected chi connectivity index (χ3v) is 3.76. The summed E-state index contributed by atoms with van der Waals surface area (Å²) in [5.74, 6) is -0.750. The molecular weight excluding hydrogens is 313 g/mol. The lowest BCUT2D eigenvalue weighted by Gasteiger charge is -2.13. The molecule has 0 aliphatic rings. The molecule has 0 unspecified atom stereocenters. The lowest BCUT2D eigenvalue weighted by Crippen LogP contribution is -2.27. The SMILES string of the molecule is Cc1c([C@H](C)NC(=O)c2c[nH]c(=O)[nH]2)cnn1-c1cccc(F)c1. The predicted molar refractivity (Wildman–Crippen MR) is 85.6 cm³/mol. The zero-order valence-electron chi connectivity index (χ0n) is 13.1. The van der Waals surface area contributed by atoms with Gasteiger partial charge in [0.15, 0.2) is 0 Å². The second-order valence-electron chi connectivity index (χ2n) is 5.43. The van der Waals surface area contributed by atoms with Gasteiger partial charge in [0.05, 0.1) is 17.9 Å². The Hall–Kier alpha value is -3.16. The molecule has 0 aliphatic heterocycles. The number of carbonyl (C=O) groups is 1. The summed E-state index contributed by atoms with van der Waals surface area (Å²) in [7, 11) is 0. The second kappa shape index (κ2) is 6.15. The van der Waals surface area contributed by atoms with E-state index >= 15 is 0 Å². The molecule has 0 saturated heterocycles. The van der Waals surface area contributed by atoms with E-state index in [4.69, 9.17) is 0 Å². The zero-order chi connectivity index (χ0) is 17.3. The largest absolute Gasteiger partial charge is 0.344 e. The molecule has 2 heterocycles. The highest BCUT2D eigenvalue weighted by molar-refractivity contribution is 5.92. The highest BCUT2D eigenvalue weighted by Crippen LogP contribution is 2.20. The molecule has 0 fully saturated rings. The quantitative estimate of drug-likeness (QED) is 0.681. The van der Waals surface area contributed by atoms with Crippen molar-refractivity contribution in [2.24, 2.45) is 0 Å². The van der Waals surface area contributed by atoms with Gasteiger partial charge in [-0.25, -0.2) is 13.9 Å². The van der Waals surface area contributed by atoms with Crippen molar-refractivity contribution in [2.45, 2.75) is 19.9 Å². The van der Waals surface area contributed by atoms with Crippen LogP contribution in [-0.2, 0) is 0 Å². The minimum Gasteiger partial charge on any atom is -0.344 e. The number of H-pyrrole nitrogens is 2. The molecule has 3 rings (SSSR count). The summed E-state index contributed by atoms with van der Waals surface area (Å²) in [5, 5.41) is 7.05. The average Bonchev–Trinajstić information content (AvgIpc) is 3.13. The van der Waals surface area contributed by atoms with Gasteiger partial charge in [0, 0.05) is 17.5 Å². The van der Waals surface area contributed by atoms with Gasteiger partial charge in [-0.3, -0.25) is 4.79 Å². The van der Waals surface area contributed by atoms with Crippen LogP contribution in [-0.4, -0.2) is 25.7 Å². The van der Waals surface area contributed by atoms with Crippen LogP contribution in [0.4, 0.5) is 4.39 Å². The van der Waals surface area contributed by atoms with Crippen molar-refractivity contribution in [3.05, 3.63) is 69.9 Å². The first-order chi connectivity index (χ1) is 11.5. The van der Waals surface area contributed by atoms with Crippen LogP contribution in [0.5, 0.6) is 0 Å². The Kier molecular flexibility index (Phi) is 4.03. The highest BCUT2D eigenvalue weighted by atomic mass is 19.1. The number of hydrogen-bond acceptors (Lipinski definition) is 3. The van der Waals surface area contributed by atoms with Crippen molar-refractivity contribution in [3.8, 4) is 5.69 Å². The second-order valence-corrected chi connectivity index (χ2v) is 5.43. The smallest absolute Gasteiger partial charge is 0.323 e. The van der Waals surface area contributed by atoms with Gasteiger partial charge in [-0.1, -0.05) is 6.07 Å². The van der Waals surface area contributed by atoms with Gasteiger partial charge in [0.2, 0.25) is 0 Å². The van der Waals surface area contributed by atoms with Crippen molar-refractivity contribution >= 4 is 5.91 Å². The van der Waals surface area contributed by atoms with Crippen LogP contribution in [0.15, 0.2) is 41.5 Å². The third-order valence-electron chi connectivity index (χ3n) is 3.76. The van der Waals surface area contributed by atoms with Crippen molar-refractivity contribution < 1.29 is 9.18 Å². The molecule has 2 aromatic heterocycles. The number of amides is 1. The number of halogens is 1. The van der Waals surface area contributed by atoms with Crippen molar-refractivity contribution in [1.82, 2.24) is 25.1 Å². The number of benzene rings is 1. The number of nitrogens with zero attached hydrogens (tertiary/aromatic N) is 2. The molecule has 3 N–H and O–H groups in total. The lowest BCUT2D eigenvalue weighted by molar-refractivity contribution is 0.0935.